The summed E-state index contributed by atoms with van der Waals surface area (Å²) in [5.74, 6) is 3.11. The van der Waals surface area contributed by atoms with Crippen LogP contribution in [0.4, 0.5) is 0 Å². The molecule has 1 fully saturated rings. The Kier molecular flexibility index (Phi) is 4.23. The highest BCUT2D eigenvalue weighted by molar-refractivity contribution is 7.73. The maximum atomic E-state index is 1.56. The third-order valence-electron chi connectivity index (χ3n) is 0.500. The zero-order chi connectivity index (χ0) is 2.83. The van der Waals surface area contributed by atoms with E-state index in [1.54, 1.807) is 11.8 Å². The van der Waals surface area contributed by atoms with Gasteiger partial charge in [0.1, 0.15) is 0 Å². The summed E-state index contributed by atoms with van der Waals surface area (Å²) in [4.78, 5) is 0. The molecule has 0 aromatic rings. The quantitative estimate of drug-likeness (QED) is 0.430. The summed E-state index contributed by atoms with van der Waals surface area (Å²) in [6.45, 7) is 0. The molecule has 1 aliphatic heterocycles. The lowest BCUT2D eigenvalue weighted by atomic mass is 11.8. The highest BCUT2D eigenvalue weighted by atomic mass is 32.1. The number of hydrogen-bond donors (Lipinski definition) is 0. The Morgan fingerprint density at radius 2 is 1.20 bits per heavy atom. The molecule has 0 N–H and O–H groups in total. The van der Waals surface area contributed by atoms with Gasteiger partial charge in [-0.1, -0.05) is 0 Å². The molecule has 0 aromatic heterocycles. The summed E-state index contributed by atoms with van der Waals surface area (Å²) < 4.78 is 0. The van der Waals surface area contributed by atoms with Crippen LogP contribution >= 0.6 is 30.7 Å². The molecule has 0 atom stereocenters. The second-order valence-electron chi connectivity index (χ2n) is 0.854. The van der Waals surface area contributed by atoms with Crippen LogP contribution in [0.25, 0.3) is 0 Å². The topological polar surface area (TPSA) is 0 Å². The van der Waals surface area contributed by atoms with E-state index in [2.05, 4.69) is 0 Å². The summed E-state index contributed by atoms with van der Waals surface area (Å²) in [6.07, 6.45) is 0. The molecule has 1 heterocycles. The van der Waals surface area contributed by atoms with Crippen molar-refractivity contribution in [2.24, 2.45) is 0 Å². The highest BCUT2D eigenvalue weighted by Gasteiger charge is 1.94. The Hall–Kier alpha value is 1.21. The zero-order valence-electron chi connectivity index (χ0n) is 2.91. The van der Waals surface area contributed by atoms with Crippen LogP contribution in [0.2, 0.25) is 0 Å². The highest BCUT2D eigenvalue weighted by Crippen LogP contribution is 2.40. The van der Waals surface area contributed by atoms with Gasteiger partial charge >= 0.3 is 0 Å². The van der Waals surface area contributed by atoms with Gasteiger partial charge in [0.2, 0.25) is 0 Å². The molecular weight excluding hydrogens is 118 g/mol. The first-order valence-corrected chi connectivity index (χ1v) is 4.24. The van der Waals surface area contributed by atoms with E-state index in [9.17, 15) is 0 Å². The van der Waals surface area contributed by atoms with Gasteiger partial charge in [-0.25, -0.2) is 0 Å². The first-order valence-electron chi connectivity index (χ1n) is 1.41. The summed E-state index contributed by atoms with van der Waals surface area (Å²) in [6, 6.07) is 0. The first kappa shape index (κ1) is 6.21. The fraction of sp³-hybridized carbons (Fsp3) is 1.00. The van der Waals surface area contributed by atoms with Gasteiger partial charge in [-0.15, -0.1) is 17.2 Å². The van der Waals surface area contributed by atoms with Crippen LogP contribution < -0.4 is 0 Å². The molecule has 0 bridgehead atoms. The molecule has 1 saturated heterocycles. The van der Waals surface area contributed by atoms with Crippen LogP contribution in [-0.2, 0) is 0 Å². The Labute approximate surface area is 43.1 Å². The van der Waals surface area contributed by atoms with Gasteiger partial charge in [-0.3, -0.25) is 0 Å². The molecule has 0 radical (unpaired) electrons. The van der Waals surface area contributed by atoms with Crippen molar-refractivity contribution in [3.63, 3.8) is 0 Å². The van der Waals surface area contributed by atoms with Gasteiger partial charge in [0.15, 0.2) is 0 Å². The molecule has 32 valence electrons. The molecule has 0 aromatic carbocycles. The zero-order valence-corrected chi connectivity index (χ0v) is 5.91. The van der Waals surface area contributed by atoms with E-state index in [1.807, 2.05) is 0 Å². The van der Waals surface area contributed by atoms with E-state index in [0.717, 1.165) is 0 Å². The molecular formula is C2H8P2S. The monoisotopic (exact) mass is 126 g/mol. The molecule has 1 rings (SSSR count). The van der Waals surface area contributed by atoms with Gasteiger partial charge in [0, 0.05) is 0 Å². The molecule has 1 aliphatic rings. The normalized spacial score (nSPS) is 28.8. The summed E-state index contributed by atoms with van der Waals surface area (Å²) in [5.41, 5.74) is 0. The first-order chi connectivity index (χ1) is 2.00. The predicted molar refractivity (Wildman–Crippen MR) is 36.7 cm³/mol. The minimum absolute atomic E-state index is 0. The minimum atomic E-state index is 0. The Bertz CT molecular complexity index is 15.6. The predicted octanol–water partition coefficient (Wildman–Crippen LogP) is 1.38. The van der Waals surface area contributed by atoms with Crippen LogP contribution in [0.5, 0.6) is 0 Å². The van der Waals surface area contributed by atoms with Crippen LogP contribution in [0.1, 0.15) is 0 Å². The molecule has 0 saturated carbocycles. The summed E-state index contributed by atoms with van der Waals surface area (Å²) >= 11 is 0. The smallest absolute Gasteiger partial charge is 0.0169 e. The maximum absolute atomic E-state index is 1.56. The van der Waals surface area contributed by atoms with Gasteiger partial charge < -0.3 is 0 Å². The lowest BCUT2D eigenvalue weighted by Gasteiger charge is -2.06. The molecule has 0 unspecified atom stereocenters. The van der Waals surface area contributed by atoms with E-state index in [4.69, 9.17) is 0 Å². The summed E-state index contributed by atoms with van der Waals surface area (Å²) in [5, 5.41) is 0. The second-order valence-corrected chi connectivity index (χ2v) is 4.68. The van der Waals surface area contributed by atoms with Crippen molar-refractivity contribution in [3.05, 3.63) is 0 Å². The lowest BCUT2D eigenvalue weighted by molar-refractivity contribution is 1.95. The van der Waals surface area contributed by atoms with Crippen molar-refractivity contribution in [2.45, 2.75) is 0 Å². The third-order valence-corrected chi connectivity index (χ3v) is 4.50. The molecule has 0 aliphatic carbocycles. The molecule has 0 spiro atoms. The molecule has 5 heavy (non-hydrogen) atoms. The van der Waals surface area contributed by atoms with Crippen LogP contribution in [0.15, 0.2) is 0 Å². The Morgan fingerprint density at radius 3 is 1.20 bits per heavy atom. The van der Waals surface area contributed by atoms with Crippen LogP contribution in [0, 0.1) is 0 Å². The molecule has 0 amide bonds. The van der Waals surface area contributed by atoms with Crippen LogP contribution in [-0.4, -0.2) is 11.8 Å². The van der Waals surface area contributed by atoms with E-state index in [1.165, 1.54) is 17.2 Å². The Balaban J connectivity index is 0.000000160. The van der Waals surface area contributed by atoms with Gasteiger partial charge in [0.25, 0.3) is 0 Å². The Morgan fingerprint density at radius 1 is 1.00 bits per heavy atom. The second kappa shape index (κ2) is 3.40. The number of rotatable bonds is 0. The third kappa shape index (κ3) is 1.98. The SMILES string of the molecule is C1PCP1.S. The largest absolute Gasteiger partial charge is 0.197 e. The van der Waals surface area contributed by atoms with Gasteiger partial charge in [-0.2, -0.15) is 13.5 Å². The minimum Gasteiger partial charge on any atom is -0.197 e. The fourth-order valence-electron chi connectivity index (χ4n) is 0.125. The van der Waals surface area contributed by atoms with Gasteiger partial charge in [-0.05, 0) is 11.8 Å². The number of hydrogen-bond acceptors (Lipinski definition) is 0. The van der Waals surface area contributed by atoms with E-state index in [0.29, 0.717) is 0 Å². The van der Waals surface area contributed by atoms with E-state index >= 15 is 0 Å². The van der Waals surface area contributed by atoms with Crippen molar-refractivity contribution < 1.29 is 0 Å². The van der Waals surface area contributed by atoms with Gasteiger partial charge in [0.05, 0.1) is 0 Å². The van der Waals surface area contributed by atoms with E-state index < -0.39 is 0 Å². The fourth-order valence-corrected chi connectivity index (χ4v) is 1.12. The van der Waals surface area contributed by atoms with Crippen molar-refractivity contribution in [3.8, 4) is 0 Å². The average Bonchev–Trinajstić information content (AvgIpc) is 0.722. The average molecular weight is 126 g/mol. The van der Waals surface area contributed by atoms with Crippen molar-refractivity contribution in [1.82, 2.24) is 0 Å². The lowest BCUT2D eigenvalue weighted by Crippen LogP contribution is -1.74. The molecule has 3 heteroatoms. The van der Waals surface area contributed by atoms with E-state index in [-0.39, 0.29) is 13.5 Å². The van der Waals surface area contributed by atoms with Crippen LogP contribution in [0.3, 0.4) is 0 Å². The maximum Gasteiger partial charge on any atom is -0.0169 e. The van der Waals surface area contributed by atoms with Crippen molar-refractivity contribution in [2.75, 3.05) is 11.8 Å². The van der Waals surface area contributed by atoms with Crippen molar-refractivity contribution in [1.29, 1.82) is 0 Å². The molecule has 0 nitrogen and oxygen atoms in total. The standard InChI is InChI=1S/C2H6P2.H2S/c1-3-2-4-1;/h3-4H,1-2H2;1H2. The van der Waals surface area contributed by atoms with Crippen molar-refractivity contribution >= 4 is 30.7 Å². The summed E-state index contributed by atoms with van der Waals surface area (Å²) in [7, 11) is 2.67.